The molecule has 0 bridgehead atoms. The summed E-state index contributed by atoms with van der Waals surface area (Å²) in [6.45, 7) is 5.11. The Hall–Kier alpha value is -2.69. The zero-order chi connectivity index (χ0) is 22.6. The molecule has 0 aromatic carbocycles. The molecule has 0 unspecified atom stereocenters. The summed E-state index contributed by atoms with van der Waals surface area (Å²) in [5, 5.41) is 19.2. The van der Waals surface area contributed by atoms with Crippen LogP contribution in [0.3, 0.4) is 0 Å². The van der Waals surface area contributed by atoms with Crippen LogP contribution in [-0.4, -0.2) is 66.4 Å². The predicted molar refractivity (Wildman–Crippen MR) is 106 cm³/mol. The number of carbonyl (C=O) groups excluding carboxylic acids is 4. The molecular formula is C18H33N5O6. The van der Waals surface area contributed by atoms with Gasteiger partial charge in [-0.25, -0.2) is 4.79 Å². The fourth-order valence-electron chi connectivity index (χ4n) is 2.62. The minimum atomic E-state index is -1.02. The number of ketones is 1. The summed E-state index contributed by atoms with van der Waals surface area (Å²) in [7, 11) is 1.53. The Morgan fingerprint density at radius 2 is 1.59 bits per heavy atom. The molecule has 0 aliphatic carbocycles. The first kappa shape index (κ1) is 26.3. The number of nitrogens with two attached hydrogens (primary N) is 1. The van der Waals surface area contributed by atoms with Gasteiger partial charge in [0.1, 0.15) is 6.04 Å². The number of carboxylic acid groups (broad SMARTS) is 1. The van der Waals surface area contributed by atoms with Gasteiger partial charge in [0.2, 0.25) is 11.8 Å². The molecule has 0 aliphatic heterocycles. The van der Waals surface area contributed by atoms with Crippen LogP contribution in [0.4, 0.5) is 4.79 Å². The monoisotopic (exact) mass is 415 g/mol. The molecule has 0 heterocycles. The Morgan fingerprint density at radius 1 is 0.966 bits per heavy atom. The number of amides is 4. The lowest BCUT2D eigenvalue weighted by Crippen LogP contribution is -2.56. The molecule has 0 aliphatic rings. The van der Waals surface area contributed by atoms with Crippen LogP contribution in [0.25, 0.3) is 0 Å². The highest BCUT2D eigenvalue weighted by Crippen LogP contribution is 2.07. The highest BCUT2D eigenvalue weighted by molar-refractivity contribution is 5.93. The van der Waals surface area contributed by atoms with Gasteiger partial charge in [0.15, 0.2) is 5.78 Å². The van der Waals surface area contributed by atoms with Crippen molar-refractivity contribution < 1.29 is 29.1 Å². The second-order valence-corrected chi connectivity index (χ2v) is 7.11. The number of carboxylic acids is 1. The first-order valence-electron chi connectivity index (χ1n) is 9.53. The van der Waals surface area contributed by atoms with Crippen LogP contribution in [0.15, 0.2) is 0 Å². The maximum Gasteiger partial charge on any atom is 0.312 e. The topological polar surface area (TPSA) is 180 Å². The smallest absolute Gasteiger partial charge is 0.312 e. The second kappa shape index (κ2) is 13.5. The molecule has 3 atom stereocenters. The van der Waals surface area contributed by atoms with Crippen molar-refractivity contribution in [1.82, 2.24) is 21.3 Å². The van der Waals surface area contributed by atoms with E-state index in [0.717, 1.165) is 0 Å². The molecule has 7 N–H and O–H groups in total. The Morgan fingerprint density at radius 3 is 2.03 bits per heavy atom. The SMILES string of the molecule is CN[C@@H](CCC(=O)O)C(=O)N[C@H](C(=O)N[C@@H](CCCNC(N)=O)C(C)=O)C(C)C. The van der Waals surface area contributed by atoms with Crippen molar-refractivity contribution in [2.24, 2.45) is 11.7 Å². The number of urea groups is 1. The average molecular weight is 415 g/mol. The molecule has 29 heavy (non-hydrogen) atoms. The first-order valence-corrected chi connectivity index (χ1v) is 9.53. The van der Waals surface area contributed by atoms with Gasteiger partial charge in [-0.1, -0.05) is 13.8 Å². The van der Waals surface area contributed by atoms with Crippen molar-refractivity contribution in [3.63, 3.8) is 0 Å². The summed E-state index contributed by atoms with van der Waals surface area (Å²) in [5.41, 5.74) is 4.98. The Labute approximate surface area is 170 Å². The Kier molecular flexibility index (Phi) is 12.2. The van der Waals surface area contributed by atoms with Gasteiger partial charge in [-0.15, -0.1) is 0 Å². The molecule has 0 spiro atoms. The van der Waals surface area contributed by atoms with Gasteiger partial charge in [0.05, 0.1) is 12.1 Å². The van der Waals surface area contributed by atoms with E-state index in [1.807, 2.05) is 0 Å². The van der Waals surface area contributed by atoms with Crippen molar-refractivity contribution in [3.05, 3.63) is 0 Å². The van der Waals surface area contributed by atoms with Crippen LogP contribution in [0.2, 0.25) is 0 Å². The summed E-state index contributed by atoms with van der Waals surface area (Å²) in [4.78, 5) is 58.4. The van der Waals surface area contributed by atoms with E-state index >= 15 is 0 Å². The first-order chi connectivity index (χ1) is 13.5. The molecule has 166 valence electrons. The van der Waals surface area contributed by atoms with E-state index < -0.39 is 41.9 Å². The van der Waals surface area contributed by atoms with Gasteiger partial charge in [-0.05, 0) is 39.2 Å². The summed E-state index contributed by atoms with van der Waals surface area (Å²) in [5.74, 6) is -2.54. The standard InChI is InChI=1S/C18H33N5O6/c1-10(2)15(23-16(27)13(20-4)7-8-14(25)26)17(28)22-12(11(3)24)6-5-9-21-18(19)29/h10,12-13,15,20H,5-9H2,1-4H3,(H,22,28)(H,23,27)(H,25,26)(H3,19,21,29)/t12-,13-,15-/m0/s1. The molecule has 0 saturated heterocycles. The lowest BCUT2D eigenvalue weighted by atomic mass is 10.0. The predicted octanol–water partition coefficient (Wildman–Crippen LogP) is -0.898. The quantitative estimate of drug-likeness (QED) is 0.199. The highest BCUT2D eigenvalue weighted by Gasteiger charge is 2.29. The van der Waals surface area contributed by atoms with E-state index in [1.165, 1.54) is 14.0 Å². The van der Waals surface area contributed by atoms with Crippen molar-refractivity contribution >= 4 is 29.6 Å². The molecule has 0 saturated carbocycles. The van der Waals surface area contributed by atoms with E-state index in [9.17, 15) is 24.0 Å². The van der Waals surface area contributed by atoms with Crippen LogP contribution in [0.1, 0.15) is 46.5 Å². The van der Waals surface area contributed by atoms with Crippen LogP contribution in [-0.2, 0) is 19.2 Å². The summed E-state index contributed by atoms with van der Waals surface area (Å²) >= 11 is 0. The van der Waals surface area contributed by atoms with Gasteiger partial charge in [0, 0.05) is 13.0 Å². The van der Waals surface area contributed by atoms with Gasteiger partial charge >= 0.3 is 12.0 Å². The summed E-state index contributed by atoms with van der Waals surface area (Å²) in [6.07, 6.45) is 0.622. The van der Waals surface area contributed by atoms with Gasteiger partial charge in [0.25, 0.3) is 0 Å². The van der Waals surface area contributed by atoms with E-state index in [4.69, 9.17) is 10.8 Å². The normalized spacial score (nSPS) is 13.8. The van der Waals surface area contributed by atoms with Crippen LogP contribution in [0.5, 0.6) is 0 Å². The molecule has 4 amide bonds. The van der Waals surface area contributed by atoms with Gasteiger partial charge in [-0.3, -0.25) is 19.2 Å². The van der Waals surface area contributed by atoms with Crippen molar-refractivity contribution in [2.45, 2.75) is 64.6 Å². The number of rotatable bonds is 14. The third-order valence-corrected chi connectivity index (χ3v) is 4.33. The number of hydrogen-bond acceptors (Lipinski definition) is 6. The highest BCUT2D eigenvalue weighted by atomic mass is 16.4. The maximum atomic E-state index is 12.7. The number of likely N-dealkylation sites (N-methyl/N-ethyl adjacent to an activating group) is 1. The molecule has 0 rings (SSSR count). The number of primary amides is 1. The van der Waals surface area contributed by atoms with E-state index in [0.29, 0.717) is 12.8 Å². The van der Waals surface area contributed by atoms with Crippen molar-refractivity contribution in [3.8, 4) is 0 Å². The molecule has 0 fully saturated rings. The van der Waals surface area contributed by atoms with Crippen molar-refractivity contribution in [1.29, 1.82) is 0 Å². The number of hydrogen-bond donors (Lipinski definition) is 6. The minimum Gasteiger partial charge on any atom is -0.481 e. The lowest BCUT2D eigenvalue weighted by molar-refractivity contribution is -0.137. The largest absolute Gasteiger partial charge is 0.481 e. The van der Waals surface area contributed by atoms with Crippen LogP contribution in [0, 0.1) is 5.92 Å². The number of aliphatic carboxylic acids is 1. The second-order valence-electron chi connectivity index (χ2n) is 7.11. The molecule has 0 aromatic rings. The van der Waals surface area contributed by atoms with Crippen molar-refractivity contribution in [2.75, 3.05) is 13.6 Å². The molecule has 0 aromatic heterocycles. The number of carbonyl (C=O) groups is 5. The minimum absolute atomic E-state index is 0.0764. The third-order valence-electron chi connectivity index (χ3n) is 4.33. The third kappa shape index (κ3) is 11.0. The molecule has 0 radical (unpaired) electrons. The average Bonchev–Trinajstić information content (AvgIpc) is 2.61. The zero-order valence-electron chi connectivity index (χ0n) is 17.4. The molecule has 11 heteroatoms. The lowest BCUT2D eigenvalue weighted by Gasteiger charge is -2.26. The molecular weight excluding hydrogens is 382 g/mol. The number of Topliss-reactive ketones (excluding diaryl/α,β-unsaturated/α-hetero) is 1. The van der Waals surface area contributed by atoms with Crippen LogP contribution >= 0.6 is 0 Å². The van der Waals surface area contributed by atoms with E-state index in [2.05, 4.69) is 21.3 Å². The van der Waals surface area contributed by atoms with Crippen LogP contribution < -0.4 is 27.0 Å². The zero-order valence-corrected chi connectivity index (χ0v) is 17.4. The van der Waals surface area contributed by atoms with Gasteiger partial charge in [-0.2, -0.15) is 0 Å². The Bertz CT molecular complexity index is 595. The molecule has 11 nitrogen and oxygen atoms in total. The van der Waals surface area contributed by atoms with E-state index in [-0.39, 0.29) is 31.1 Å². The fourth-order valence-corrected chi connectivity index (χ4v) is 2.62. The maximum absolute atomic E-state index is 12.7. The fraction of sp³-hybridized carbons (Fsp3) is 0.722. The Balaban J connectivity index is 4.95. The van der Waals surface area contributed by atoms with E-state index in [1.54, 1.807) is 13.8 Å². The summed E-state index contributed by atoms with van der Waals surface area (Å²) in [6, 6.07) is -3.09. The number of nitrogens with one attached hydrogen (secondary N) is 4. The van der Waals surface area contributed by atoms with Gasteiger partial charge < -0.3 is 32.1 Å². The summed E-state index contributed by atoms with van der Waals surface area (Å²) < 4.78 is 0.